The predicted molar refractivity (Wildman–Crippen MR) is 111 cm³/mol. The van der Waals surface area contributed by atoms with Crippen LogP contribution in [0.1, 0.15) is 27.0 Å². The largest absolute Gasteiger partial charge is 0.293 e. The Morgan fingerprint density at radius 3 is 2.19 bits per heavy atom. The van der Waals surface area contributed by atoms with Crippen LogP contribution in [-0.4, -0.2) is 21.7 Å². The molecule has 0 N–H and O–H groups in total. The Labute approximate surface area is 166 Å². The Morgan fingerprint density at radius 1 is 0.962 bits per heavy atom. The maximum atomic E-state index is 12.6. The molecule has 0 aliphatic rings. The van der Waals surface area contributed by atoms with Crippen molar-refractivity contribution in [3.8, 4) is 11.3 Å². The lowest BCUT2D eigenvalue weighted by atomic mass is 9.97. The molecule has 132 valence electrons. The highest BCUT2D eigenvalue weighted by atomic mass is 79.9. The van der Waals surface area contributed by atoms with Crippen molar-refractivity contribution < 1.29 is 4.79 Å². The van der Waals surface area contributed by atoms with Crippen LogP contribution in [0.25, 0.3) is 11.3 Å². The number of benzene rings is 2. The van der Waals surface area contributed by atoms with Gasteiger partial charge in [-0.15, -0.1) is 10.2 Å². The molecule has 1 aromatic heterocycles. The number of Topliss-reactive ketones (excluding diaryl/α,β-unsaturated/α-hetero) is 1. The van der Waals surface area contributed by atoms with Gasteiger partial charge in [-0.25, -0.2) is 0 Å². The van der Waals surface area contributed by atoms with Crippen LogP contribution in [0.5, 0.6) is 0 Å². The van der Waals surface area contributed by atoms with E-state index in [2.05, 4.69) is 38.3 Å². The number of thioether (sulfide) groups is 1. The van der Waals surface area contributed by atoms with Crippen LogP contribution in [0.4, 0.5) is 0 Å². The minimum absolute atomic E-state index is 0.129. The summed E-state index contributed by atoms with van der Waals surface area (Å²) in [4.78, 5) is 12.6. The SMILES string of the molecule is Cc1cc(C)c(C(=O)CSc2ccc(-c3ccc(Br)cc3)nn2)c(C)c1. The molecule has 0 spiro atoms. The first-order valence-electron chi connectivity index (χ1n) is 8.27. The number of aromatic nitrogens is 2. The van der Waals surface area contributed by atoms with E-state index >= 15 is 0 Å². The summed E-state index contributed by atoms with van der Waals surface area (Å²) in [5.74, 6) is 0.487. The van der Waals surface area contributed by atoms with Gasteiger partial charge in [-0.2, -0.15) is 0 Å². The quantitative estimate of drug-likeness (QED) is 0.381. The molecular weight excluding hydrogens is 408 g/mol. The zero-order chi connectivity index (χ0) is 18.7. The number of nitrogens with zero attached hydrogens (tertiary/aromatic N) is 2. The molecule has 0 aliphatic heterocycles. The number of hydrogen-bond donors (Lipinski definition) is 0. The Balaban J connectivity index is 1.68. The topological polar surface area (TPSA) is 42.9 Å². The first kappa shape index (κ1) is 18.8. The van der Waals surface area contributed by atoms with E-state index in [4.69, 9.17) is 0 Å². The minimum atomic E-state index is 0.129. The van der Waals surface area contributed by atoms with Crippen molar-refractivity contribution in [2.24, 2.45) is 0 Å². The third-order valence-electron chi connectivity index (χ3n) is 4.09. The van der Waals surface area contributed by atoms with Crippen LogP contribution in [0.3, 0.4) is 0 Å². The van der Waals surface area contributed by atoms with Crippen molar-refractivity contribution in [3.63, 3.8) is 0 Å². The molecule has 3 aromatic rings. The molecule has 0 saturated carbocycles. The fourth-order valence-corrected chi connectivity index (χ4v) is 3.95. The lowest BCUT2D eigenvalue weighted by Crippen LogP contribution is -2.08. The summed E-state index contributed by atoms with van der Waals surface area (Å²) in [6.45, 7) is 6.03. The van der Waals surface area contributed by atoms with Gasteiger partial charge in [0.2, 0.25) is 0 Å². The Bertz CT molecular complexity index is 914. The number of halogens is 1. The summed E-state index contributed by atoms with van der Waals surface area (Å²) >= 11 is 4.85. The number of aryl methyl sites for hydroxylation is 3. The lowest BCUT2D eigenvalue weighted by molar-refractivity contribution is 0.102. The van der Waals surface area contributed by atoms with Gasteiger partial charge in [0.25, 0.3) is 0 Å². The van der Waals surface area contributed by atoms with E-state index in [0.29, 0.717) is 5.75 Å². The summed E-state index contributed by atoms with van der Waals surface area (Å²) in [7, 11) is 0. The Kier molecular flexibility index (Phi) is 5.89. The molecule has 0 amide bonds. The van der Waals surface area contributed by atoms with Gasteiger partial charge < -0.3 is 0 Å². The van der Waals surface area contributed by atoms with E-state index in [1.54, 1.807) is 0 Å². The molecule has 5 heteroatoms. The molecule has 2 aromatic carbocycles. The van der Waals surface area contributed by atoms with E-state index < -0.39 is 0 Å². The van der Waals surface area contributed by atoms with Gasteiger partial charge in [0.05, 0.1) is 11.4 Å². The molecule has 3 nitrogen and oxygen atoms in total. The number of carbonyl (C=O) groups excluding carboxylic acids is 1. The molecule has 26 heavy (non-hydrogen) atoms. The first-order valence-corrected chi connectivity index (χ1v) is 10.1. The average molecular weight is 427 g/mol. The van der Waals surface area contributed by atoms with Gasteiger partial charge >= 0.3 is 0 Å². The minimum Gasteiger partial charge on any atom is -0.293 e. The van der Waals surface area contributed by atoms with Crippen LogP contribution in [0, 0.1) is 20.8 Å². The van der Waals surface area contributed by atoms with Crippen LogP contribution in [-0.2, 0) is 0 Å². The molecule has 0 radical (unpaired) electrons. The summed E-state index contributed by atoms with van der Waals surface area (Å²) < 4.78 is 1.03. The van der Waals surface area contributed by atoms with Gasteiger partial charge in [-0.05, 0) is 56.2 Å². The monoisotopic (exact) mass is 426 g/mol. The zero-order valence-corrected chi connectivity index (χ0v) is 17.3. The maximum Gasteiger partial charge on any atom is 0.173 e. The van der Waals surface area contributed by atoms with E-state index in [9.17, 15) is 4.79 Å². The molecule has 3 rings (SSSR count). The summed E-state index contributed by atoms with van der Waals surface area (Å²) in [5.41, 5.74) is 5.90. The molecule has 0 fully saturated rings. The van der Waals surface area contributed by atoms with Crippen LogP contribution in [0.15, 0.2) is 58.0 Å². The molecule has 0 aliphatic carbocycles. The maximum absolute atomic E-state index is 12.6. The van der Waals surface area contributed by atoms with Crippen LogP contribution >= 0.6 is 27.7 Å². The van der Waals surface area contributed by atoms with Gasteiger partial charge in [-0.3, -0.25) is 4.79 Å². The number of hydrogen-bond acceptors (Lipinski definition) is 4. The van der Waals surface area contributed by atoms with E-state index in [-0.39, 0.29) is 5.78 Å². The van der Waals surface area contributed by atoms with Crippen molar-refractivity contribution >= 4 is 33.5 Å². The smallest absolute Gasteiger partial charge is 0.173 e. The third kappa shape index (κ3) is 4.40. The highest BCUT2D eigenvalue weighted by Gasteiger charge is 2.14. The third-order valence-corrected chi connectivity index (χ3v) is 5.54. The summed E-state index contributed by atoms with van der Waals surface area (Å²) in [6.07, 6.45) is 0. The second kappa shape index (κ2) is 8.14. The molecule has 1 heterocycles. The normalized spacial score (nSPS) is 10.8. The van der Waals surface area contributed by atoms with Crippen molar-refractivity contribution in [2.45, 2.75) is 25.8 Å². The van der Waals surface area contributed by atoms with E-state index in [1.807, 2.05) is 57.2 Å². The standard InChI is InChI=1S/C21H19BrN2OS/c1-13-10-14(2)21(15(3)11-13)19(25)12-26-20-9-8-18(23-24-20)16-4-6-17(22)7-5-16/h4-11H,12H2,1-3H3. The highest BCUT2D eigenvalue weighted by Crippen LogP contribution is 2.24. The van der Waals surface area contributed by atoms with E-state index in [0.717, 1.165) is 37.4 Å². The van der Waals surface area contributed by atoms with E-state index in [1.165, 1.54) is 17.3 Å². The molecule has 0 unspecified atom stereocenters. The van der Waals surface area contributed by atoms with Crippen molar-refractivity contribution in [1.29, 1.82) is 0 Å². The number of rotatable bonds is 5. The van der Waals surface area contributed by atoms with Crippen molar-refractivity contribution in [1.82, 2.24) is 10.2 Å². The molecule has 0 saturated heterocycles. The Hall–Kier alpha value is -1.98. The van der Waals surface area contributed by atoms with Gasteiger partial charge in [-0.1, -0.05) is 57.5 Å². The Morgan fingerprint density at radius 2 is 1.62 bits per heavy atom. The lowest BCUT2D eigenvalue weighted by Gasteiger charge is -2.10. The van der Waals surface area contributed by atoms with Crippen molar-refractivity contribution in [2.75, 3.05) is 5.75 Å². The molecular formula is C21H19BrN2OS. The zero-order valence-electron chi connectivity index (χ0n) is 14.9. The summed E-state index contributed by atoms with van der Waals surface area (Å²) in [6, 6.07) is 15.9. The fraction of sp³-hybridized carbons (Fsp3) is 0.190. The van der Waals surface area contributed by atoms with Crippen LogP contribution < -0.4 is 0 Å². The highest BCUT2D eigenvalue weighted by molar-refractivity contribution is 9.10. The second-order valence-corrected chi connectivity index (χ2v) is 8.16. The number of ketones is 1. The molecule has 0 atom stereocenters. The average Bonchev–Trinajstić information content (AvgIpc) is 2.60. The van der Waals surface area contributed by atoms with Crippen molar-refractivity contribution in [3.05, 3.63) is 75.3 Å². The summed E-state index contributed by atoms with van der Waals surface area (Å²) in [5, 5.41) is 9.28. The predicted octanol–water partition coefficient (Wildman–Crippen LogP) is 5.81. The molecule has 0 bridgehead atoms. The fourth-order valence-electron chi connectivity index (χ4n) is 3.00. The van der Waals surface area contributed by atoms with Gasteiger partial charge in [0, 0.05) is 15.6 Å². The second-order valence-electron chi connectivity index (χ2n) is 6.25. The number of carbonyl (C=O) groups is 1. The van der Waals surface area contributed by atoms with Gasteiger partial charge in [0.15, 0.2) is 5.78 Å². The first-order chi connectivity index (χ1) is 12.4. The van der Waals surface area contributed by atoms with Gasteiger partial charge in [0.1, 0.15) is 5.03 Å². The van der Waals surface area contributed by atoms with Crippen LogP contribution in [0.2, 0.25) is 0 Å².